The maximum Gasteiger partial charge on any atom is 0.338 e. The van der Waals surface area contributed by atoms with E-state index in [-0.39, 0.29) is 35.1 Å². The van der Waals surface area contributed by atoms with Crippen LogP contribution in [-0.2, 0) is 22.3 Å². The molecule has 0 fully saturated rings. The number of carbonyl (C=O) groups is 2. The maximum atomic E-state index is 14.1. The van der Waals surface area contributed by atoms with Gasteiger partial charge in [0.1, 0.15) is 11.6 Å². The Kier molecular flexibility index (Phi) is 5.63. The van der Waals surface area contributed by atoms with Crippen LogP contribution < -0.4 is 0 Å². The normalized spacial score (nSPS) is 10.3. The highest BCUT2D eigenvalue weighted by Gasteiger charge is 2.19. The van der Waals surface area contributed by atoms with Gasteiger partial charge in [-0.05, 0) is 37.1 Å². The second-order valence-electron chi connectivity index (χ2n) is 5.02. The molecule has 0 bridgehead atoms. The van der Waals surface area contributed by atoms with Gasteiger partial charge in [-0.25, -0.2) is 18.4 Å². The number of halogens is 2. The SMILES string of the molecule is COC(=O)c1cccc(F)c1CCc1c(F)cccc1C(=O)OC. The third-order valence-electron chi connectivity index (χ3n) is 3.67. The predicted octanol–water partition coefficient (Wildman–Crippen LogP) is 3.32. The van der Waals surface area contributed by atoms with Gasteiger partial charge in [-0.3, -0.25) is 0 Å². The smallest absolute Gasteiger partial charge is 0.338 e. The molecule has 0 aliphatic carbocycles. The van der Waals surface area contributed by atoms with Crippen LogP contribution in [0.2, 0.25) is 0 Å². The molecule has 2 aromatic rings. The number of esters is 2. The summed E-state index contributed by atoms with van der Waals surface area (Å²) in [5.74, 6) is -2.53. The lowest BCUT2D eigenvalue weighted by Gasteiger charge is -2.12. The van der Waals surface area contributed by atoms with E-state index in [1.807, 2.05) is 0 Å². The molecule has 0 unspecified atom stereocenters. The van der Waals surface area contributed by atoms with Crippen LogP contribution in [0.3, 0.4) is 0 Å². The quantitative estimate of drug-likeness (QED) is 0.787. The summed E-state index contributed by atoms with van der Waals surface area (Å²) in [6, 6.07) is 8.09. The minimum Gasteiger partial charge on any atom is -0.465 e. The topological polar surface area (TPSA) is 52.6 Å². The van der Waals surface area contributed by atoms with Gasteiger partial charge in [0.05, 0.1) is 25.3 Å². The molecule has 0 amide bonds. The van der Waals surface area contributed by atoms with Crippen molar-refractivity contribution < 1.29 is 27.8 Å². The Morgan fingerprint density at radius 1 is 0.792 bits per heavy atom. The van der Waals surface area contributed by atoms with Crippen LogP contribution in [0.5, 0.6) is 0 Å². The van der Waals surface area contributed by atoms with Crippen molar-refractivity contribution in [2.75, 3.05) is 14.2 Å². The minimum absolute atomic E-state index is 0.0298. The largest absolute Gasteiger partial charge is 0.465 e. The summed E-state index contributed by atoms with van der Waals surface area (Å²) in [7, 11) is 2.40. The van der Waals surface area contributed by atoms with Crippen molar-refractivity contribution in [3.63, 3.8) is 0 Å². The second-order valence-corrected chi connectivity index (χ2v) is 5.02. The van der Waals surface area contributed by atoms with Crippen molar-refractivity contribution in [3.05, 3.63) is 70.3 Å². The highest BCUT2D eigenvalue weighted by atomic mass is 19.1. The van der Waals surface area contributed by atoms with Crippen molar-refractivity contribution in [1.29, 1.82) is 0 Å². The van der Waals surface area contributed by atoms with E-state index in [0.717, 1.165) is 0 Å². The number of hydrogen-bond donors (Lipinski definition) is 0. The Morgan fingerprint density at radius 3 is 1.50 bits per heavy atom. The average molecular weight is 334 g/mol. The Morgan fingerprint density at radius 2 is 1.17 bits per heavy atom. The van der Waals surface area contributed by atoms with Crippen LogP contribution in [-0.4, -0.2) is 26.2 Å². The van der Waals surface area contributed by atoms with Crippen molar-refractivity contribution >= 4 is 11.9 Å². The van der Waals surface area contributed by atoms with Crippen molar-refractivity contribution in [1.82, 2.24) is 0 Å². The first-order valence-electron chi connectivity index (χ1n) is 7.21. The number of rotatable bonds is 5. The first-order valence-corrected chi connectivity index (χ1v) is 7.21. The van der Waals surface area contributed by atoms with Crippen LogP contribution in [0.25, 0.3) is 0 Å². The molecule has 0 aliphatic heterocycles. The van der Waals surface area contributed by atoms with E-state index in [1.165, 1.54) is 50.6 Å². The molecule has 0 atom stereocenters. The fourth-order valence-corrected chi connectivity index (χ4v) is 2.48. The summed E-state index contributed by atoms with van der Waals surface area (Å²) in [5, 5.41) is 0. The molecule has 2 rings (SSSR count). The van der Waals surface area contributed by atoms with Crippen molar-refractivity contribution in [2.24, 2.45) is 0 Å². The Bertz CT molecular complexity index is 706. The lowest BCUT2D eigenvalue weighted by atomic mass is 9.96. The van der Waals surface area contributed by atoms with Crippen LogP contribution in [0.4, 0.5) is 8.78 Å². The molecule has 24 heavy (non-hydrogen) atoms. The minimum atomic E-state index is -0.675. The molecular formula is C18H16F2O4. The van der Waals surface area contributed by atoms with E-state index in [1.54, 1.807) is 0 Å². The molecular weight excluding hydrogens is 318 g/mol. The monoisotopic (exact) mass is 334 g/mol. The van der Waals surface area contributed by atoms with E-state index >= 15 is 0 Å². The average Bonchev–Trinajstić information content (AvgIpc) is 2.59. The summed E-state index contributed by atoms with van der Waals surface area (Å²) in [4.78, 5) is 23.5. The highest BCUT2D eigenvalue weighted by Crippen LogP contribution is 2.21. The molecule has 0 saturated heterocycles. The lowest BCUT2D eigenvalue weighted by molar-refractivity contribution is 0.0589. The number of methoxy groups -OCH3 is 2. The zero-order valence-electron chi connectivity index (χ0n) is 13.3. The van der Waals surface area contributed by atoms with Gasteiger partial charge in [0.2, 0.25) is 0 Å². The Balaban J connectivity index is 2.36. The van der Waals surface area contributed by atoms with Gasteiger partial charge in [0, 0.05) is 11.1 Å². The third kappa shape index (κ3) is 3.59. The van der Waals surface area contributed by atoms with Crippen molar-refractivity contribution in [3.8, 4) is 0 Å². The van der Waals surface area contributed by atoms with Crippen molar-refractivity contribution in [2.45, 2.75) is 12.8 Å². The van der Waals surface area contributed by atoms with Gasteiger partial charge in [-0.15, -0.1) is 0 Å². The van der Waals surface area contributed by atoms with E-state index in [4.69, 9.17) is 0 Å². The standard InChI is InChI=1S/C18H16F2O4/c1-23-17(21)13-5-3-7-15(19)11(13)9-10-12-14(18(22)24-2)6-4-8-16(12)20/h3-8H,9-10H2,1-2H3. The third-order valence-corrected chi connectivity index (χ3v) is 3.67. The zero-order chi connectivity index (χ0) is 17.7. The molecule has 0 N–H and O–H groups in total. The van der Waals surface area contributed by atoms with E-state index in [0.29, 0.717) is 0 Å². The fraction of sp³-hybridized carbons (Fsp3) is 0.222. The van der Waals surface area contributed by atoms with Gasteiger partial charge >= 0.3 is 11.9 Å². The predicted molar refractivity (Wildman–Crippen MR) is 82.9 cm³/mol. The molecule has 6 heteroatoms. The van der Waals surface area contributed by atoms with Gasteiger partial charge in [-0.2, -0.15) is 0 Å². The summed E-state index contributed by atoms with van der Waals surface area (Å²) in [6.45, 7) is 0. The number of hydrogen-bond acceptors (Lipinski definition) is 4. The lowest BCUT2D eigenvalue weighted by Crippen LogP contribution is -2.12. The molecule has 0 saturated carbocycles. The van der Waals surface area contributed by atoms with E-state index in [2.05, 4.69) is 9.47 Å². The summed E-state index contributed by atoms with van der Waals surface area (Å²) in [5.41, 5.74) is 0.383. The number of ether oxygens (including phenoxy) is 2. The zero-order valence-corrected chi connectivity index (χ0v) is 13.3. The molecule has 0 heterocycles. The van der Waals surface area contributed by atoms with Gasteiger partial charge in [-0.1, -0.05) is 12.1 Å². The highest BCUT2D eigenvalue weighted by molar-refractivity contribution is 5.92. The van der Waals surface area contributed by atoms with Gasteiger partial charge in [0.25, 0.3) is 0 Å². The fourth-order valence-electron chi connectivity index (χ4n) is 2.48. The maximum absolute atomic E-state index is 14.1. The Hall–Kier alpha value is -2.76. The summed E-state index contributed by atoms with van der Waals surface area (Å²) < 4.78 is 37.4. The van der Waals surface area contributed by atoms with Crippen LogP contribution >= 0.6 is 0 Å². The molecule has 0 radical (unpaired) electrons. The second kappa shape index (κ2) is 7.68. The summed E-state index contributed by atoms with van der Waals surface area (Å²) in [6.07, 6.45) is 0.0596. The number of carbonyl (C=O) groups excluding carboxylic acids is 2. The van der Waals surface area contributed by atoms with Crippen LogP contribution in [0, 0.1) is 11.6 Å². The van der Waals surface area contributed by atoms with Gasteiger partial charge in [0.15, 0.2) is 0 Å². The van der Waals surface area contributed by atoms with Gasteiger partial charge < -0.3 is 9.47 Å². The first kappa shape index (κ1) is 17.6. The molecule has 0 aromatic heterocycles. The van der Waals surface area contributed by atoms with E-state index < -0.39 is 23.6 Å². The molecule has 126 valence electrons. The van der Waals surface area contributed by atoms with E-state index in [9.17, 15) is 18.4 Å². The first-order chi connectivity index (χ1) is 11.5. The van der Waals surface area contributed by atoms with Crippen LogP contribution in [0.15, 0.2) is 36.4 Å². The summed E-state index contributed by atoms with van der Waals surface area (Å²) >= 11 is 0. The van der Waals surface area contributed by atoms with Crippen LogP contribution in [0.1, 0.15) is 31.8 Å². The molecule has 2 aromatic carbocycles. The Labute approximate surface area is 138 Å². The molecule has 0 aliphatic rings. The molecule has 4 nitrogen and oxygen atoms in total. The molecule has 0 spiro atoms. The number of benzene rings is 2.